The maximum atomic E-state index is 13.6. The molecule has 2 aromatic rings. The first-order chi connectivity index (χ1) is 7.61. The third-order valence-corrected chi connectivity index (χ3v) is 2.64. The van der Waals surface area contributed by atoms with Crippen LogP contribution in [0.1, 0.15) is 0 Å². The van der Waals surface area contributed by atoms with Crippen molar-refractivity contribution in [2.75, 3.05) is 0 Å². The molecule has 2 N–H and O–H groups in total. The molecule has 0 saturated carbocycles. The van der Waals surface area contributed by atoms with Gasteiger partial charge in [-0.05, 0) is 12.1 Å². The minimum atomic E-state index is -0.755. The topological polar surface area (TPSA) is 40.5 Å². The zero-order chi connectivity index (χ0) is 11.7. The van der Waals surface area contributed by atoms with Crippen LogP contribution in [-0.2, 0) is 0 Å². The van der Waals surface area contributed by atoms with E-state index in [0.29, 0.717) is 5.56 Å². The largest absolute Gasteiger partial charge is 0.506 e. The van der Waals surface area contributed by atoms with Gasteiger partial charge in [0.2, 0.25) is 0 Å². The van der Waals surface area contributed by atoms with Crippen molar-refractivity contribution < 1.29 is 14.6 Å². The van der Waals surface area contributed by atoms with Crippen LogP contribution in [0.4, 0.5) is 4.39 Å². The highest BCUT2D eigenvalue weighted by molar-refractivity contribution is 6.34. The summed E-state index contributed by atoms with van der Waals surface area (Å²) in [5.41, 5.74) is 0.496. The van der Waals surface area contributed by atoms with Gasteiger partial charge in [0.15, 0.2) is 11.6 Å². The first-order valence-corrected chi connectivity index (χ1v) is 4.94. The summed E-state index contributed by atoms with van der Waals surface area (Å²) in [5.74, 6) is -1.33. The van der Waals surface area contributed by atoms with Crippen LogP contribution >= 0.6 is 11.6 Å². The highest BCUT2D eigenvalue weighted by Gasteiger charge is 2.13. The molecule has 0 aliphatic rings. The number of hydrogen-bond acceptors (Lipinski definition) is 2. The van der Waals surface area contributed by atoms with Crippen LogP contribution in [0.25, 0.3) is 11.1 Å². The lowest BCUT2D eigenvalue weighted by Gasteiger charge is -2.07. The maximum Gasteiger partial charge on any atom is 0.172 e. The molecule has 0 saturated heterocycles. The van der Waals surface area contributed by atoms with Gasteiger partial charge >= 0.3 is 0 Å². The van der Waals surface area contributed by atoms with E-state index in [1.807, 2.05) is 0 Å². The molecule has 2 nitrogen and oxygen atoms in total. The summed E-state index contributed by atoms with van der Waals surface area (Å²) < 4.78 is 13.6. The van der Waals surface area contributed by atoms with Gasteiger partial charge in [0.05, 0.1) is 5.02 Å². The quantitative estimate of drug-likeness (QED) is 0.798. The molecule has 0 radical (unpaired) electrons. The van der Waals surface area contributed by atoms with Crippen molar-refractivity contribution in [3.8, 4) is 22.6 Å². The summed E-state index contributed by atoms with van der Waals surface area (Å²) >= 11 is 5.85. The second-order valence-electron chi connectivity index (χ2n) is 3.28. The van der Waals surface area contributed by atoms with Crippen LogP contribution in [0.2, 0.25) is 5.02 Å². The molecule has 0 bridgehead atoms. The van der Waals surface area contributed by atoms with Crippen molar-refractivity contribution in [2.45, 2.75) is 0 Å². The van der Waals surface area contributed by atoms with Crippen LogP contribution < -0.4 is 0 Å². The fourth-order valence-electron chi connectivity index (χ4n) is 1.46. The highest BCUT2D eigenvalue weighted by Crippen LogP contribution is 2.37. The minimum absolute atomic E-state index is 0.0620. The normalized spacial score (nSPS) is 10.4. The van der Waals surface area contributed by atoms with Crippen LogP contribution in [0.5, 0.6) is 11.5 Å². The summed E-state index contributed by atoms with van der Waals surface area (Å²) in [6, 6.07) is 8.77. The van der Waals surface area contributed by atoms with Gasteiger partial charge < -0.3 is 10.2 Å². The summed E-state index contributed by atoms with van der Waals surface area (Å²) in [4.78, 5) is 0. The van der Waals surface area contributed by atoms with Crippen molar-refractivity contribution in [2.24, 2.45) is 0 Å². The average molecular weight is 239 g/mol. The Bertz CT molecular complexity index is 491. The molecule has 0 spiro atoms. The van der Waals surface area contributed by atoms with Gasteiger partial charge in [0, 0.05) is 11.1 Å². The lowest BCUT2D eigenvalue weighted by Crippen LogP contribution is -1.86. The molecule has 16 heavy (non-hydrogen) atoms. The second kappa shape index (κ2) is 4.02. The first-order valence-electron chi connectivity index (χ1n) is 4.56. The van der Waals surface area contributed by atoms with Crippen molar-refractivity contribution in [1.29, 1.82) is 0 Å². The SMILES string of the molecule is Oc1cccc(-c2cccc(O)c2Cl)c1F. The zero-order valence-corrected chi connectivity index (χ0v) is 8.87. The number of phenolic OH excluding ortho intramolecular Hbond substituents is 2. The average Bonchev–Trinajstić information content (AvgIpc) is 2.27. The summed E-state index contributed by atoms with van der Waals surface area (Å²) in [7, 11) is 0. The molecule has 0 aliphatic heterocycles. The number of halogens is 2. The van der Waals surface area contributed by atoms with E-state index in [1.165, 1.54) is 24.3 Å². The van der Waals surface area contributed by atoms with Gasteiger partial charge in [-0.3, -0.25) is 0 Å². The Kier molecular flexibility index (Phi) is 2.71. The molecule has 0 unspecified atom stereocenters. The fourth-order valence-corrected chi connectivity index (χ4v) is 1.68. The molecule has 2 aromatic carbocycles. The van der Waals surface area contributed by atoms with Crippen molar-refractivity contribution in [1.82, 2.24) is 0 Å². The van der Waals surface area contributed by atoms with Gasteiger partial charge in [-0.1, -0.05) is 35.9 Å². The molecule has 0 fully saturated rings. The molecular weight excluding hydrogens is 231 g/mol. The first kappa shape index (κ1) is 10.8. The van der Waals surface area contributed by atoms with E-state index in [2.05, 4.69) is 0 Å². The third-order valence-electron chi connectivity index (χ3n) is 2.25. The Labute approximate surface area is 96.5 Å². The van der Waals surface area contributed by atoms with E-state index in [0.717, 1.165) is 0 Å². The predicted octanol–water partition coefficient (Wildman–Crippen LogP) is 3.56. The monoisotopic (exact) mass is 238 g/mol. The van der Waals surface area contributed by atoms with Gasteiger partial charge in [-0.2, -0.15) is 0 Å². The molecule has 4 heteroatoms. The molecule has 0 aromatic heterocycles. The van der Waals surface area contributed by atoms with E-state index in [-0.39, 0.29) is 16.3 Å². The molecule has 0 atom stereocenters. The molecule has 0 amide bonds. The van der Waals surface area contributed by atoms with Gasteiger partial charge in [-0.25, -0.2) is 4.39 Å². The van der Waals surface area contributed by atoms with Gasteiger partial charge in [0.1, 0.15) is 5.75 Å². The second-order valence-corrected chi connectivity index (χ2v) is 3.66. The van der Waals surface area contributed by atoms with Crippen LogP contribution in [-0.4, -0.2) is 10.2 Å². The van der Waals surface area contributed by atoms with E-state index in [9.17, 15) is 14.6 Å². The lowest BCUT2D eigenvalue weighted by atomic mass is 10.0. The summed E-state index contributed by atoms with van der Waals surface area (Å²) in [6.45, 7) is 0. The predicted molar refractivity (Wildman–Crippen MR) is 60.2 cm³/mol. The Morgan fingerprint density at radius 1 is 0.875 bits per heavy atom. The van der Waals surface area contributed by atoms with Crippen molar-refractivity contribution >= 4 is 11.6 Å². The van der Waals surface area contributed by atoms with E-state index in [1.54, 1.807) is 12.1 Å². The minimum Gasteiger partial charge on any atom is -0.506 e. The Morgan fingerprint density at radius 2 is 1.44 bits per heavy atom. The summed E-state index contributed by atoms with van der Waals surface area (Å²) in [6.07, 6.45) is 0. The molecule has 2 rings (SSSR count). The molecule has 0 aliphatic carbocycles. The zero-order valence-electron chi connectivity index (χ0n) is 8.11. The van der Waals surface area contributed by atoms with Crippen LogP contribution in [0, 0.1) is 5.82 Å². The maximum absolute atomic E-state index is 13.6. The highest BCUT2D eigenvalue weighted by atomic mass is 35.5. The molecular formula is C12H8ClFO2. The van der Waals surface area contributed by atoms with Crippen LogP contribution in [0.3, 0.4) is 0 Å². The van der Waals surface area contributed by atoms with E-state index >= 15 is 0 Å². The van der Waals surface area contributed by atoms with Crippen molar-refractivity contribution in [3.63, 3.8) is 0 Å². The fraction of sp³-hybridized carbons (Fsp3) is 0. The molecule has 82 valence electrons. The molecule has 0 heterocycles. The van der Waals surface area contributed by atoms with E-state index in [4.69, 9.17) is 11.6 Å². The standard InChI is InChI=1S/C12H8ClFO2/c13-11-7(3-1-5-9(11)15)8-4-2-6-10(16)12(8)14/h1-6,15-16H. The lowest BCUT2D eigenvalue weighted by molar-refractivity contribution is 0.433. The van der Waals surface area contributed by atoms with Crippen LogP contribution in [0.15, 0.2) is 36.4 Å². The Morgan fingerprint density at radius 3 is 2.12 bits per heavy atom. The van der Waals surface area contributed by atoms with E-state index < -0.39 is 11.6 Å². The summed E-state index contributed by atoms with van der Waals surface area (Å²) in [5, 5.41) is 18.7. The number of hydrogen-bond donors (Lipinski definition) is 2. The van der Waals surface area contributed by atoms with Gasteiger partial charge in [0.25, 0.3) is 0 Å². The number of benzene rings is 2. The van der Waals surface area contributed by atoms with Crippen molar-refractivity contribution in [3.05, 3.63) is 47.2 Å². The smallest absolute Gasteiger partial charge is 0.172 e. The Hall–Kier alpha value is -1.74. The number of rotatable bonds is 1. The Balaban J connectivity index is 2.68. The number of phenols is 2. The van der Waals surface area contributed by atoms with Gasteiger partial charge in [-0.15, -0.1) is 0 Å². The number of aromatic hydroxyl groups is 2. The third kappa shape index (κ3) is 1.70.